The lowest BCUT2D eigenvalue weighted by atomic mass is 9.96. The van der Waals surface area contributed by atoms with Crippen LogP contribution in [0.1, 0.15) is 24.8 Å². The highest BCUT2D eigenvalue weighted by Crippen LogP contribution is 2.24. The first-order chi connectivity index (χ1) is 15.2. The quantitative estimate of drug-likeness (QED) is 0.690. The molecule has 2 saturated heterocycles. The number of piperidine rings is 1. The van der Waals surface area contributed by atoms with Crippen LogP contribution in [-0.4, -0.2) is 73.3 Å². The van der Waals surface area contributed by atoms with E-state index in [1.165, 1.54) is 5.56 Å². The summed E-state index contributed by atoms with van der Waals surface area (Å²) in [5.74, 6) is 1.98. The molecule has 2 aliphatic heterocycles. The number of aromatic nitrogens is 2. The highest BCUT2D eigenvalue weighted by atomic mass is 16.5. The average molecular weight is 424 g/mol. The first-order valence-corrected chi connectivity index (χ1v) is 11.4. The van der Waals surface area contributed by atoms with E-state index in [0.717, 1.165) is 89.0 Å². The molecule has 0 spiro atoms. The molecule has 1 amide bonds. The largest absolute Gasteiger partial charge is 0.379 e. The fraction of sp³-hybridized carbons (Fsp3) is 0.542. The second kappa shape index (κ2) is 10.7. The van der Waals surface area contributed by atoms with Crippen LogP contribution in [0.5, 0.6) is 0 Å². The van der Waals surface area contributed by atoms with Gasteiger partial charge in [0.2, 0.25) is 5.91 Å². The van der Waals surface area contributed by atoms with Gasteiger partial charge in [0.15, 0.2) is 5.82 Å². The molecule has 2 aliphatic rings. The Labute approximate surface area is 184 Å². The molecule has 1 N–H and O–H groups in total. The molecule has 4 rings (SSSR count). The van der Waals surface area contributed by atoms with Crippen LogP contribution in [0.3, 0.4) is 0 Å². The average Bonchev–Trinajstić information content (AvgIpc) is 2.83. The summed E-state index contributed by atoms with van der Waals surface area (Å²) in [4.78, 5) is 26.5. The zero-order valence-electron chi connectivity index (χ0n) is 18.4. The Hall–Kier alpha value is -2.51. The number of hydrogen-bond acceptors (Lipinski definition) is 6. The van der Waals surface area contributed by atoms with Crippen molar-refractivity contribution in [3.8, 4) is 11.4 Å². The maximum atomic E-state index is 12.6. The van der Waals surface area contributed by atoms with Gasteiger partial charge in [0.05, 0.1) is 13.2 Å². The number of anilines is 1. The summed E-state index contributed by atoms with van der Waals surface area (Å²) in [6.07, 6.45) is 4.54. The summed E-state index contributed by atoms with van der Waals surface area (Å²) < 4.78 is 5.37. The van der Waals surface area contributed by atoms with Gasteiger partial charge in [0.25, 0.3) is 0 Å². The van der Waals surface area contributed by atoms with Crippen molar-refractivity contribution in [1.82, 2.24) is 20.2 Å². The number of rotatable bonds is 7. The number of hydrogen-bond donors (Lipinski definition) is 1. The van der Waals surface area contributed by atoms with E-state index in [1.807, 2.05) is 12.3 Å². The van der Waals surface area contributed by atoms with Crippen molar-refractivity contribution in [3.63, 3.8) is 0 Å². The zero-order chi connectivity index (χ0) is 21.5. The molecule has 31 heavy (non-hydrogen) atoms. The SMILES string of the molecule is Cc1ccc(-c2nccc(N3CCC(C(=O)NCCCN4CCOCC4)CC3)n2)cc1. The number of morpholine rings is 1. The standard InChI is InChI=1S/C24H33N5O2/c1-19-3-5-20(6-4-19)23-25-11-7-22(27-23)29-13-8-21(9-14-29)24(30)26-10-2-12-28-15-17-31-18-16-28/h3-7,11,21H,2,8-10,12-18H2,1H3,(H,26,30). The van der Waals surface area contributed by atoms with Crippen LogP contribution in [0.15, 0.2) is 36.5 Å². The van der Waals surface area contributed by atoms with Gasteiger partial charge >= 0.3 is 0 Å². The summed E-state index contributed by atoms with van der Waals surface area (Å²) in [6, 6.07) is 10.2. The number of ether oxygens (including phenoxy) is 1. The second-order valence-corrected chi connectivity index (χ2v) is 8.46. The van der Waals surface area contributed by atoms with Crippen molar-refractivity contribution in [2.45, 2.75) is 26.2 Å². The lowest BCUT2D eigenvalue weighted by Crippen LogP contribution is -2.42. The third-order valence-corrected chi connectivity index (χ3v) is 6.19. The number of nitrogens with zero attached hydrogens (tertiary/aromatic N) is 4. The van der Waals surface area contributed by atoms with Gasteiger partial charge in [-0.05, 0) is 38.8 Å². The number of amides is 1. The maximum Gasteiger partial charge on any atom is 0.223 e. The summed E-state index contributed by atoms with van der Waals surface area (Å²) >= 11 is 0. The number of carbonyl (C=O) groups is 1. The molecule has 7 heteroatoms. The topological polar surface area (TPSA) is 70.6 Å². The van der Waals surface area contributed by atoms with Gasteiger partial charge in [-0.3, -0.25) is 9.69 Å². The van der Waals surface area contributed by atoms with Crippen LogP contribution in [0.2, 0.25) is 0 Å². The van der Waals surface area contributed by atoms with Crippen molar-refractivity contribution >= 4 is 11.7 Å². The fourth-order valence-electron chi connectivity index (χ4n) is 4.22. The maximum absolute atomic E-state index is 12.6. The molecular formula is C24H33N5O2. The Kier molecular flexibility index (Phi) is 7.48. The molecule has 0 unspecified atom stereocenters. The molecule has 166 valence electrons. The number of aryl methyl sites for hydroxylation is 1. The molecule has 2 fully saturated rings. The highest BCUT2D eigenvalue weighted by Gasteiger charge is 2.25. The molecular weight excluding hydrogens is 390 g/mol. The summed E-state index contributed by atoms with van der Waals surface area (Å²) in [5.41, 5.74) is 2.25. The third kappa shape index (κ3) is 6.02. The fourth-order valence-corrected chi connectivity index (χ4v) is 4.22. The number of carbonyl (C=O) groups excluding carboxylic acids is 1. The van der Waals surface area contributed by atoms with Crippen LogP contribution in [0, 0.1) is 12.8 Å². The summed E-state index contributed by atoms with van der Waals surface area (Å²) in [5, 5.41) is 3.14. The Morgan fingerprint density at radius 3 is 2.58 bits per heavy atom. The summed E-state index contributed by atoms with van der Waals surface area (Å²) in [6.45, 7) is 9.19. The van der Waals surface area contributed by atoms with Crippen molar-refractivity contribution in [2.75, 3.05) is 57.4 Å². The van der Waals surface area contributed by atoms with E-state index in [2.05, 4.69) is 51.3 Å². The minimum atomic E-state index is 0.0954. The van der Waals surface area contributed by atoms with Crippen LogP contribution in [0.25, 0.3) is 11.4 Å². The Morgan fingerprint density at radius 1 is 1.10 bits per heavy atom. The smallest absolute Gasteiger partial charge is 0.223 e. The van der Waals surface area contributed by atoms with E-state index in [4.69, 9.17) is 9.72 Å². The Balaban J connectivity index is 1.22. The van der Waals surface area contributed by atoms with Gasteiger partial charge in [-0.2, -0.15) is 0 Å². The van der Waals surface area contributed by atoms with Crippen LogP contribution < -0.4 is 10.2 Å². The Morgan fingerprint density at radius 2 is 1.84 bits per heavy atom. The van der Waals surface area contributed by atoms with Crippen molar-refractivity contribution in [1.29, 1.82) is 0 Å². The van der Waals surface area contributed by atoms with E-state index < -0.39 is 0 Å². The molecule has 1 aromatic carbocycles. The molecule has 0 atom stereocenters. The highest BCUT2D eigenvalue weighted by molar-refractivity contribution is 5.79. The minimum Gasteiger partial charge on any atom is -0.379 e. The normalized spacial score (nSPS) is 18.2. The van der Waals surface area contributed by atoms with Gasteiger partial charge in [-0.1, -0.05) is 29.8 Å². The zero-order valence-corrected chi connectivity index (χ0v) is 18.4. The van der Waals surface area contributed by atoms with E-state index in [9.17, 15) is 4.79 Å². The van der Waals surface area contributed by atoms with Crippen molar-refractivity contribution < 1.29 is 9.53 Å². The minimum absolute atomic E-state index is 0.0954. The van der Waals surface area contributed by atoms with E-state index >= 15 is 0 Å². The van der Waals surface area contributed by atoms with Crippen LogP contribution >= 0.6 is 0 Å². The molecule has 0 bridgehead atoms. The Bertz CT molecular complexity index is 843. The third-order valence-electron chi connectivity index (χ3n) is 6.19. The predicted octanol–water partition coefficient (Wildman–Crippen LogP) is 2.51. The monoisotopic (exact) mass is 423 g/mol. The molecule has 3 heterocycles. The van der Waals surface area contributed by atoms with Crippen LogP contribution in [0.4, 0.5) is 5.82 Å². The molecule has 7 nitrogen and oxygen atoms in total. The molecule has 2 aromatic rings. The van der Waals surface area contributed by atoms with Crippen molar-refractivity contribution in [2.24, 2.45) is 5.92 Å². The molecule has 0 saturated carbocycles. The van der Waals surface area contributed by atoms with Gasteiger partial charge in [0.1, 0.15) is 5.82 Å². The lowest BCUT2D eigenvalue weighted by Gasteiger charge is -2.32. The van der Waals surface area contributed by atoms with E-state index in [1.54, 1.807) is 0 Å². The first kappa shape index (κ1) is 21.7. The molecule has 0 aliphatic carbocycles. The van der Waals surface area contributed by atoms with Gasteiger partial charge < -0.3 is 15.0 Å². The van der Waals surface area contributed by atoms with Gasteiger partial charge in [-0.15, -0.1) is 0 Å². The molecule has 1 aromatic heterocycles. The number of benzene rings is 1. The van der Waals surface area contributed by atoms with Gasteiger partial charge in [0, 0.05) is 50.4 Å². The van der Waals surface area contributed by atoms with Crippen molar-refractivity contribution in [3.05, 3.63) is 42.1 Å². The predicted molar refractivity (Wildman–Crippen MR) is 122 cm³/mol. The lowest BCUT2D eigenvalue weighted by molar-refractivity contribution is -0.125. The van der Waals surface area contributed by atoms with Crippen LogP contribution in [-0.2, 0) is 9.53 Å². The number of nitrogens with one attached hydrogen (secondary N) is 1. The van der Waals surface area contributed by atoms with Gasteiger partial charge in [-0.25, -0.2) is 9.97 Å². The van der Waals surface area contributed by atoms with E-state index in [0.29, 0.717) is 0 Å². The second-order valence-electron chi connectivity index (χ2n) is 8.46. The first-order valence-electron chi connectivity index (χ1n) is 11.4. The molecule has 0 radical (unpaired) electrons. The van der Waals surface area contributed by atoms with E-state index in [-0.39, 0.29) is 11.8 Å². The summed E-state index contributed by atoms with van der Waals surface area (Å²) in [7, 11) is 0.